The lowest BCUT2D eigenvalue weighted by Crippen LogP contribution is -2.39. The molecule has 1 unspecified atom stereocenters. The lowest BCUT2D eigenvalue weighted by atomic mass is 10.0. The van der Waals surface area contributed by atoms with Crippen LogP contribution in [0.4, 0.5) is 0 Å². The second-order valence-electron chi connectivity index (χ2n) is 4.20. The first-order chi connectivity index (χ1) is 8.32. The number of carbonyl (C=O) groups is 1. The minimum atomic E-state index is -1.32. The van der Waals surface area contributed by atoms with Crippen LogP contribution in [-0.2, 0) is 9.53 Å². The molecule has 0 aliphatic heterocycles. The van der Waals surface area contributed by atoms with Gasteiger partial charge in [0, 0.05) is 0 Å². The van der Waals surface area contributed by atoms with E-state index in [2.05, 4.69) is 0 Å². The number of nitrogens with two attached hydrogens (primary N) is 1. The Morgan fingerprint density at radius 1 is 1.28 bits per heavy atom. The average molecular weight is 255 g/mol. The molecule has 0 saturated carbocycles. The lowest BCUT2D eigenvalue weighted by molar-refractivity contribution is -0.151. The first-order valence-corrected chi connectivity index (χ1v) is 5.49. The zero-order chi connectivity index (χ0) is 13.9. The van der Waals surface area contributed by atoms with E-state index in [1.165, 1.54) is 12.1 Å². The van der Waals surface area contributed by atoms with Gasteiger partial charge in [-0.3, -0.25) is 4.79 Å². The molecular formula is C12H17NO5. The molecule has 5 N–H and O–H groups in total. The highest BCUT2D eigenvalue weighted by Gasteiger charge is 2.26. The molecule has 0 bridgehead atoms. The van der Waals surface area contributed by atoms with Crippen LogP contribution >= 0.6 is 0 Å². The Kier molecular flexibility index (Phi) is 4.52. The number of benzene rings is 1. The first-order valence-electron chi connectivity index (χ1n) is 5.49. The molecule has 0 heterocycles. The van der Waals surface area contributed by atoms with Gasteiger partial charge in [0.15, 0.2) is 11.5 Å². The van der Waals surface area contributed by atoms with Crippen molar-refractivity contribution in [1.82, 2.24) is 0 Å². The summed E-state index contributed by atoms with van der Waals surface area (Å²) in [4.78, 5) is 11.5. The minimum Gasteiger partial charge on any atom is -0.504 e. The Balaban J connectivity index is 2.82. The number of phenols is 2. The summed E-state index contributed by atoms with van der Waals surface area (Å²) in [6.45, 7) is 3.34. The van der Waals surface area contributed by atoms with Crippen molar-refractivity contribution in [3.63, 3.8) is 0 Å². The molecule has 0 aliphatic carbocycles. The van der Waals surface area contributed by atoms with Gasteiger partial charge in [-0.25, -0.2) is 0 Å². The molecule has 1 aromatic carbocycles. The van der Waals surface area contributed by atoms with Gasteiger partial charge < -0.3 is 25.8 Å². The Bertz CT molecular complexity index is 432. The lowest BCUT2D eigenvalue weighted by Gasteiger charge is -2.19. The van der Waals surface area contributed by atoms with E-state index in [4.69, 9.17) is 15.6 Å². The topological polar surface area (TPSA) is 113 Å². The number of aromatic hydroxyl groups is 2. The Hall–Kier alpha value is -1.79. The van der Waals surface area contributed by atoms with Gasteiger partial charge in [0.1, 0.15) is 12.1 Å². The van der Waals surface area contributed by atoms with Crippen LogP contribution < -0.4 is 5.73 Å². The van der Waals surface area contributed by atoms with Crippen LogP contribution in [0.3, 0.4) is 0 Å². The average Bonchev–Trinajstić information content (AvgIpc) is 2.30. The molecule has 0 amide bonds. The maximum atomic E-state index is 11.5. The number of aliphatic hydroxyl groups excluding tert-OH is 1. The summed E-state index contributed by atoms with van der Waals surface area (Å²) >= 11 is 0. The van der Waals surface area contributed by atoms with E-state index < -0.39 is 23.9 Å². The SMILES string of the molecule is CC(C)OC(=O)[C@@H](N)C(O)c1ccc(O)c(O)c1. The summed E-state index contributed by atoms with van der Waals surface area (Å²) in [5.74, 6) is -1.44. The van der Waals surface area contributed by atoms with Crippen LogP contribution in [0.25, 0.3) is 0 Å². The van der Waals surface area contributed by atoms with E-state index in [-0.39, 0.29) is 17.4 Å². The molecule has 6 heteroatoms. The Morgan fingerprint density at radius 3 is 2.39 bits per heavy atom. The quantitative estimate of drug-likeness (QED) is 0.458. The van der Waals surface area contributed by atoms with Crippen molar-refractivity contribution in [2.45, 2.75) is 32.1 Å². The van der Waals surface area contributed by atoms with E-state index in [0.29, 0.717) is 0 Å². The van der Waals surface area contributed by atoms with Gasteiger partial charge in [0.05, 0.1) is 6.10 Å². The van der Waals surface area contributed by atoms with E-state index >= 15 is 0 Å². The van der Waals surface area contributed by atoms with E-state index in [1.807, 2.05) is 0 Å². The van der Waals surface area contributed by atoms with Gasteiger partial charge >= 0.3 is 5.97 Å². The van der Waals surface area contributed by atoms with Crippen LogP contribution in [0, 0.1) is 0 Å². The maximum absolute atomic E-state index is 11.5. The highest BCUT2D eigenvalue weighted by Crippen LogP contribution is 2.28. The second kappa shape index (κ2) is 5.70. The smallest absolute Gasteiger partial charge is 0.326 e. The van der Waals surface area contributed by atoms with Gasteiger partial charge in [-0.15, -0.1) is 0 Å². The summed E-state index contributed by atoms with van der Waals surface area (Å²) in [6.07, 6.45) is -1.65. The molecule has 0 fully saturated rings. The van der Waals surface area contributed by atoms with Crippen LogP contribution in [0.1, 0.15) is 25.5 Å². The molecule has 0 radical (unpaired) electrons. The highest BCUT2D eigenvalue weighted by atomic mass is 16.5. The fourth-order valence-corrected chi connectivity index (χ4v) is 1.37. The summed E-state index contributed by atoms with van der Waals surface area (Å²) in [5, 5.41) is 28.3. The predicted octanol–water partition coefficient (Wildman–Crippen LogP) is 0.410. The fraction of sp³-hybridized carbons (Fsp3) is 0.417. The van der Waals surface area contributed by atoms with Crippen molar-refractivity contribution < 1.29 is 24.9 Å². The number of hydrogen-bond acceptors (Lipinski definition) is 6. The number of carbonyl (C=O) groups excluding carboxylic acids is 1. The number of phenolic OH excluding ortho intramolecular Hbond substituents is 2. The summed E-state index contributed by atoms with van der Waals surface area (Å²) in [7, 11) is 0. The Morgan fingerprint density at radius 2 is 1.89 bits per heavy atom. The van der Waals surface area contributed by atoms with E-state index in [0.717, 1.165) is 6.07 Å². The van der Waals surface area contributed by atoms with Crippen molar-refractivity contribution >= 4 is 5.97 Å². The van der Waals surface area contributed by atoms with Gasteiger partial charge in [-0.05, 0) is 31.5 Å². The van der Waals surface area contributed by atoms with Crippen LogP contribution in [-0.4, -0.2) is 33.4 Å². The second-order valence-corrected chi connectivity index (χ2v) is 4.20. The van der Waals surface area contributed by atoms with Crippen molar-refractivity contribution in [3.05, 3.63) is 23.8 Å². The third kappa shape index (κ3) is 3.35. The molecule has 18 heavy (non-hydrogen) atoms. The fourth-order valence-electron chi connectivity index (χ4n) is 1.37. The third-order valence-electron chi connectivity index (χ3n) is 2.31. The third-order valence-corrected chi connectivity index (χ3v) is 2.31. The van der Waals surface area contributed by atoms with Crippen LogP contribution in [0.5, 0.6) is 11.5 Å². The largest absolute Gasteiger partial charge is 0.504 e. The number of esters is 1. The van der Waals surface area contributed by atoms with Crippen molar-refractivity contribution in [2.24, 2.45) is 5.73 Å². The van der Waals surface area contributed by atoms with Gasteiger partial charge in [-0.2, -0.15) is 0 Å². The summed E-state index contributed by atoms with van der Waals surface area (Å²) in [6, 6.07) is 2.45. The van der Waals surface area contributed by atoms with Crippen molar-refractivity contribution in [1.29, 1.82) is 0 Å². The molecule has 100 valence electrons. The molecule has 1 aromatic rings. The summed E-state index contributed by atoms with van der Waals surface area (Å²) in [5.41, 5.74) is 5.78. The molecule has 0 saturated heterocycles. The zero-order valence-electron chi connectivity index (χ0n) is 10.2. The number of aliphatic hydroxyl groups is 1. The van der Waals surface area contributed by atoms with Crippen molar-refractivity contribution in [3.8, 4) is 11.5 Å². The Labute approximate surface area is 105 Å². The number of ether oxygens (including phenoxy) is 1. The number of hydrogen-bond donors (Lipinski definition) is 4. The van der Waals surface area contributed by atoms with Crippen LogP contribution in [0.2, 0.25) is 0 Å². The van der Waals surface area contributed by atoms with Gasteiger partial charge in [-0.1, -0.05) is 6.07 Å². The summed E-state index contributed by atoms with van der Waals surface area (Å²) < 4.78 is 4.87. The molecular weight excluding hydrogens is 238 g/mol. The zero-order valence-corrected chi connectivity index (χ0v) is 10.2. The molecule has 2 atom stereocenters. The molecule has 0 aliphatic rings. The first kappa shape index (κ1) is 14.3. The molecule has 1 rings (SSSR count). The van der Waals surface area contributed by atoms with E-state index in [1.54, 1.807) is 13.8 Å². The predicted molar refractivity (Wildman–Crippen MR) is 63.9 cm³/mol. The molecule has 0 spiro atoms. The molecule has 6 nitrogen and oxygen atoms in total. The highest BCUT2D eigenvalue weighted by molar-refractivity contribution is 5.76. The number of rotatable bonds is 4. The standard InChI is InChI=1S/C12H17NO5/c1-6(2)18-12(17)10(13)11(16)7-3-4-8(14)9(15)5-7/h3-6,10-11,14-16H,13H2,1-2H3/t10-,11?/m0/s1. The minimum absolute atomic E-state index is 0.221. The van der Waals surface area contributed by atoms with E-state index in [9.17, 15) is 15.0 Å². The van der Waals surface area contributed by atoms with Crippen molar-refractivity contribution in [2.75, 3.05) is 0 Å². The van der Waals surface area contributed by atoms with Gasteiger partial charge in [0.25, 0.3) is 0 Å². The molecule has 0 aromatic heterocycles. The monoisotopic (exact) mass is 255 g/mol. The van der Waals surface area contributed by atoms with Crippen LogP contribution in [0.15, 0.2) is 18.2 Å². The normalized spacial score (nSPS) is 14.3. The maximum Gasteiger partial charge on any atom is 0.326 e. The van der Waals surface area contributed by atoms with Gasteiger partial charge in [0.2, 0.25) is 0 Å².